The Morgan fingerprint density at radius 1 is 1.00 bits per heavy atom. The summed E-state index contributed by atoms with van der Waals surface area (Å²) in [5, 5.41) is 6.23. The van der Waals surface area contributed by atoms with Gasteiger partial charge in [0, 0.05) is 35.2 Å². The first-order chi connectivity index (χ1) is 17.2. The number of nitrogens with one attached hydrogen (secondary N) is 2. The Bertz CT molecular complexity index is 1100. The molecule has 3 amide bonds. The van der Waals surface area contributed by atoms with Gasteiger partial charge in [-0.15, -0.1) is 0 Å². The van der Waals surface area contributed by atoms with Gasteiger partial charge in [0.05, 0.1) is 0 Å². The third kappa shape index (κ3) is 6.11. The van der Waals surface area contributed by atoms with Crippen molar-refractivity contribution in [3.05, 3.63) is 46.7 Å². The molecule has 36 heavy (non-hydrogen) atoms. The van der Waals surface area contributed by atoms with E-state index in [1.807, 2.05) is 24.8 Å². The number of benzene rings is 1. The lowest BCUT2D eigenvalue weighted by atomic mass is 9.83. The molecule has 0 radical (unpaired) electrons. The van der Waals surface area contributed by atoms with E-state index in [0.29, 0.717) is 42.6 Å². The lowest BCUT2D eigenvalue weighted by molar-refractivity contribution is -0.134. The zero-order valence-corrected chi connectivity index (χ0v) is 21.5. The van der Waals surface area contributed by atoms with Crippen LogP contribution in [0.3, 0.4) is 0 Å². The van der Waals surface area contributed by atoms with Gasteiger partial charge in [0.15, 0.2) is 0 Å². The van der Waals surface area contributed by atoms with Gasteiger partial charge in [-0.2, -0.15) is 4.99 Å². The zero-order chi connectivity index (χ0) is 25.7. The second kappa shape index (κ2) is 11.2. The van der Waals surface area contributed by atoms with Gasteiger partial charge in [0.25, 0.3) is 5.95 Å². The molecule has 2 fully saturated rings. The number of rotatable bonds is 4. The maximum atomic E-state index is 12.9. The van der Waals surface area contributed by atoms with Crippen LogP contribution in [0.1, 0.15) is 43.5 Å². The van der Waals surface area contributed by atoms with Crippen molar-refractivity contribution in [2.45, 2.75) is 51.5 Å². The van der Waals surface area contributed by atoms with E-state index in [0.717, 1.165) is 37.3 Å². The number of aliphatic imine (C=N–C) groups is 1. The molecule has 1 aromatic heterocycles. The number of primary amides is 1. The molecule has 2 aliphatic heterocycles. The van der Waals surface area contributed by atoms with Gasteiger partial charge < -0.3 is 16.0 Å². The van der Waals surface area contributed by atoms with Crippen molar-refractivity contribution in [3.63, 3.8) is 0 Å². The number of carbonyl (C=O) groups is 2. The van der Waals surface area contributed by atoms with Crippen molar-refractivity contribution in [3.8, 4) is 0 Å². The highest BCUT2D eigenvalue weighted by atomic mass is 35.5. The predicted molar refractivity (Wildman–Crippen MR) is 140 cm³/mol. The number of hydrogen-bond acceptors (Lipinski definition) is 6. The molecule has 10 nitrogen and oxygen atoms in total. The van der Waals surface area contributed by atoms with E-state index >= 15 is 0 Å². The molecule has 11 heteroatoms. The number of aromatic nitrogens is 2. The summed E-state index contributed by atoms with van der Waals surface area (Å²) in [5.74, 6) is 0.300. The number of guanidine groups is 1. The summed E-state index contributed by atoms with van der Waals surface area (Å²) >= 11 is 5.95. The fraction of sp³-hybridized carbons (Fsp3) is 0.480. The number of carbonyl (C=O) groups excluding carboxylic acids is 2. The summed E-state index contributed by atoms with van der Waals surface area (Å²) in [7, 11) is 0. The Balaban J connectivity index is 1.55. The van der Waals surface area contributed by atoms with E-state index in [-0.39, 0.29) is 11.9 Å². The molecule has 0 saturated carbocycles. The van der Waals surface area contributed by atoms with Crippen LogP contribution < -0.4 is 16.4 Å². The molecule has 0 atom stereocenters. The van der Waals surface area contributed by atoms with Gasteiger partial charge in [-0.05, 0) is 83.0 Å². The van der Waals surface area contributed by atoms with Gasteiger partial charge in [0.1, 0.15) is 5.54 Å². The van der Waals surface area contributed by atoms with Crippen LogP contribution in [-0.4, -0.2) is 69.4 Å². The number of aryl methyl sites for hydroxylation is 2. The third-order valence-corrected chi connectivity index (χ3v) is 7.07. The summed E-state index contributed by atoms with van der Waals surface area (Å²) in [5.41, 5.74) is 7.43. The van der Waals surface area contributed by atoms with E-state index in [2.05, 4.69) is 30.5 Å². The second-order valence-corrected chi connectivity index (χ2v) is 9.84. The van der Waals surface area contributed by atoms with E-state index in [1.54, 1.807) is 24.3 Å². The topological polar surface area (TPSA) is 129 Å². The molecule has 4 rings (SSSR count). The smallest absolute Gasteiger partial charge is 0.326 e. The molecule has 0 spiro atoms. The normalized spacial score (nSPS) is 18.5. The SMILES string of the molecule is Cc1cc(C)nc(/N=C(\NC(=O)Nc2ccc(Cl)cc2)N2CCC(C(N)=O)(N3CCCCC3)CC2)n1. The number of halogens is 1. The van der Waals surface area contributed by atoms with Crippen LogP contribution >= 0.6 is 11.6 Å². The van der Waals surface area contributed by atoms with Crippen LogP contribution in [0.5, 0.6) is 0 Å². The molecule has 4 N–H and O–H groups in total. The summed E-state index contributed by atoms with van der Waals surface area (Å²) in [6.45, 7) is 6.50. The number of likely N-dealkylation sites (tertiary alicyclic amines) is 2. The first-order valence-electron chi connectivity index (χ1n) is 12.3. The van der Waals surface area contributed by atoms with Crippen LogP contribution in [-0.2, 0) is 4.79 Å². The number of nitrogens with two attached hydrogens (primary N) is 1. The average molecular weight is 513 g/mol. The number of urea groups is 1. The Morgan fingerprint density at radius 2 is 1.61 bits per heavy atom. The molecule has 2 aliphatic rings. The van der Waals surface area contributed by atoms with Crippen molar-refractivity contribution in [1.29, 1.82) is 0 Å². The highest BCUT2D eigenvalue weighted by Gasteiger charge is 2.45. The quantitative estimate of drug-likeness (QED) is 0.425. The molecule has 192 valence electrons. The zero-order valence-electron chi connectivity index (χ0n) is 20.8. The first kappa shape index (κ1) is 25.8. The number of amides is 3. The van der Waals surface area contributed by atoms with Crippen LogP contribution in [0, 0.1) is 13.8 Å². The minimum Gasteiger partial charge on any atom is -0.368 e. The van der Waals surface area contributed by atoms with Crippen LogP contribution in [0.15, 0.2) is 35.3 Å². The van der Waals surface area contributed by atoms with Crippen LogP contribution in [0.4, 0.5) is 16.4 Å². The van der Waals surface area contributed by atoms with Gasteiger partial charge >= 0.3 is 6.03 Å². The van der Waals surface area contributed by atoms with Crippen molar-refractivity contribution in [1.82, 2.24) is 25.1 Å². The van der Waals surface area contributed by atoms with Crippen molar-refractivity contribution in [2.24, 2.45) is 10.7 Å². The summed E-state index contributed by atoms with van der Waals surface area (Å²) in [4.78, 5) is 43.1. The predicted octanol–water partition coefficient (Wildman–Crippen LogP) is 3.36. The summed E-state index contributed by atoms with van der Waals surface area (Å²) in [6, 6.07) is 8.23. The maximum Gasteiger partial charge on any atom is 0.326 e. The lowest BCUT2D eigenvalue weighted by Gasteiger charge is -2.48. The van der Waals surface area contributed by atoms with E-state index in [9.17, 15) is 9.59 Å². The molecule has 3 heterocycles. The van der Waals surface area contributed by atoms with E-state index < -0.39 is 11.6 Å². The van der Waals surface area contributed by atoms with Gasteiger partial charge in [-0.3, -0.25) is 15.0 Å². The number of anilines is 1. The molecule has 0 unspecified atom stereocenters. The van der Waals surface area contributed by atoms with Gasteiger partial charge in [-0.1, -0.05) is 18.0 Å². The summed E-state index contributed by atoms with van der Waals surface area (Å²) < 4.78 is 0. The average Bonchev–Trinajstić information content (AvgIpc) is 2.85. The van der Waals surface area contributed by atoms with Gasteiger partial charge in [0.2, 0.25) is 11.9 Å². The number of hydrogen-bond donors (Lipinski definition) is 3. The fourth-order valence-electron chi connectivity index (χ4n) is 4.96. The fourth-order valence-corrected chi connectivity index (χ4v) is 5.08. The Morgan fingerprint density at radius 3 is 2.19 bits per heavy atom. The highest BCUT2D eigenvalue weighted by Crippen LogP contribution is 2.31. The van der Waals surface area contributed by atoms with Gasteiger partial charge in [-0.25, -0.2) is 14.8 Å². The first-order valence-corrected chi connectivity index (χ1v) is 12.7. The van der Waals surface area contributed by atoms with E-state index in [1.165, 1.54) is 6.42 Å². The van der Waals surface area contributed by atoms with Crippen LogP contribution in [0.25, 0.3) is 0 Å². The van der Waals surface area contributed by atoms with E-state index in [4.69, 9.17) is 17.3 Å². The standard InChI is InChI=1S/C25H33ClN8O2/c1-17-16-18(2)29-22(28-17)31-23(32-24(36)30-20-8-6-19(26)7-9-20)33-14-10-25(11-15-33,21(27)35)34-12-4-3-5-13-34/h6-9,16H,3-5,10-15H2,1-2H3,(H2,27,35)(H2,28,29,30,31,32,36). The number of nitrogens with zero attached hydrogens (tertiary/aromatic N) is 5. The third-order valence-electron chi connectivity index (χ3n) is 6.81. The Kier molecular flexibility index (Phi) is 8.05. The maximum absolute atomic E-state index is 12.9. The summed E-state index contributed by atoms with van der Waals surface area (Å²) in [6.07, 6.45) is 4.42. The molecule has 1 aromatic carbocycles. The van der Waals surface area contributed by atoms with Crippen molar-refractivity contribution in [2.75, 3.05) is 31.5 Å². The monoisotopic (exact) mass is 512 g/mol. The Hall–Kier alpha value is -3.24. The molecule has 0 bridgehead atoms. The highest BCUT2D eigenvalue weighted by molar-refractivity contribution is 6.30. The van der Waals surface area contributed by atoms with Crippen molar-refractivity contribution >= 4 is 41.1 Å². The molecular weight excluding hydrogens is 480 g/mol. The second-order valence-electron chi connectivity index (χ2n) is 9.40. The minimum atomic E-state index is -0.677. The molecule has 0 aliphatic carbocycles. The molecule has 2 aromatic rings. The van der Waals surface area contributed by atoms with Crippen molar-refractivity contribution < 1.29 is 9.59 Å². The largest absolute Gasteiger partial charge is 0.368 e. The number of piperidine rings is 2. The minimum absolute atomic E-state index is 0.261. The molecule has 2 saturated heterocycles. The van der Waals surface area contributed by atoms with Crippen LogP contribution in [0.2, 0.25) is 5.02 Å². The molecular formula is C25H33ClN8O2. The lowest BCUT2D eigenvalue weighted by Crippen LogP contribution is -2.64. The Labute approximate surface area is 216 Å².